The van der Waals surface area contributed by atoms with Gasteiger partial charge in [-0.3, -0.25) is 0 Å². The number of nitrogens with zero attached hydrogens (tertiary/aromatic N) is 4. The summed E-state index contributed by atoms with van der Waals surface area (Å²) in [6.45, 7) is -2.65. The molecule has 2 aromatic carbocycles. The molecule has 0 unspecified atom stereocenters. The van der Waals surface area contributed by atoms with Gasteiger partial charge in [-0.25, -0.2) is 14.5 Å². The average molecular weight is 429 g/mol. The Kier molecular flexibility index (Phi) is 5.96. The molecule has 0 bridgehead atoms. The van der Waals surface area contributed by atoms with E-state index in [9.17, 15) is 13.6 Å². The van der Waals surface area contributed by atoms with E-state index in [-0.39, 0.29) is 23.6 Å². The maximum Gasteiger partial charge on any atom is 0.387 e. The second kappa shape index (κ2) is 8.99. The van der Waals surface area contributed by atoms with E-state index in [0.29, 0.717) is 17.9 Å². The largest absolute Gasteiger partial charge is 0.493 e. The van der Waals surface area contributed by atoms with Gasteiger partial charge < -0.3 is 19.7 Å². The smallest absolute Gasteiger partial charge is 0.387 e. The van der Waals surface area contributed by atoms with Crippen molar-refractivity contribution in [2.24, 2.45) is 0 Å². The van der Waals surface area contributed by atoms with E-state index >= 15 is 0 Å². The molecule has 31 heavy (non-hydrogen) atoms. The number of carbonyl (C=O) groups is 1. The topological polar surface area (TPSA) is 81.5 Å². The van der Waals surface area contributed by atoms with Gasteiger partial charge in [0, 0.05) is 12.6 Å². The van der Waals surface area contributed by atoms with E-state index in [1.54, 1.807) is 34.1 Å². The Morgan fingerprint density at radius 1 is 1.26 bits per heavy atom. The number of halogens is 2. The number of aromatic nitrogens is 3. The van der Waals surface area contributed by atoms with Crippen LogP contribution in [-0.4, -0.2) is 45.5 Å². The van der Waals surface area contributed by atoms with Crippen LogP contribution in [0.1, 0.15) is 18.4 Å². The van der Waals surface area contributed by atoms with Crippen molar-refractivity contribution in [3.63, 3.8) is 0 Å². The number of benzene rings is 2. The fourth-order valence-corrected chi connectivity index (χ4v) is 3.25. The molecule has 1 fully saturated rings. The number of methoxy groups -OCH3 is 1. The zero-order valence-corrected chi connectivity index (χ0v) is 16.7. The molecule has 1 heterocycles. The predicted octanol–water partition coefficient (Wildman–Crippen LogP) is 4.07. The number of anilines is 1. The quantitative estimate of drug-likeness (QED) is 0.584. The summed E-state index contributed by atoms with van der Waals surface area (Å²) >= 11 is 0. The summed E-state index contributed by atoms with van der Waals surface area (Å²) in [6, 6.07) is 11.8. The number of nitrogens with one attached hydrogen (secondary N) is 1. The lowest BCUT2D eigenvalue weighted by Crippen LogP contribution is -2.36. The van der Waals surface area contributed by atoms with Gasteiger partial charge in [0.05, 0.1) is 18.5 Å². The monoisotopic (exact) mass is 429 g/mol. The molecule has 1 N–H and O–H groups in total. The highest BCUT2D eigenvalue weighted by atomic mass is 19.3. The number of alkyl halides is 2. The highest BCUT2D eigenvalue weighted by Gasteiger charge is 2.33. The molecule has 8 nitrogen and oxygen atoms in total. The number of hydrogen-bond acceptors (Lipinski definition) is 5. The average Bonchev–Trinajstić information content (AvgIpc) is 3.45. The highest BCUT2D eigenvalue weighted by molar-refractivity contribution is 5.92. The van der Waals surface area contributed by atoms with E-state index in [2.05, 4.69) is 20.1 Å². The number of rotatable bonds is 8. The molecule has 162 valence electrons. The molecule has 0 saturated heterocycles. The van der Waals surface area contributed by atoms with Gasteiger partial charge in [-0.1, -0.05) is 18.2 Å². The number of carbonyl (C=O) groups excluding carboxylic acids is 1. The van der Waals surface area contributed by atoms with Crippen LogP contribution in [0.4, 0.5) is 19.3 Å². The van der Waals surface area contributed by atoms with Gasteiger partial charge in [0.2, 0.25) is 0 Å². The van der Waals surface area contributed by atoms with E-state index < -0.39 is 6.61 Å². The van der Waals surface area contributed by atoms with Crippen molar-refractivity contribution in [2.45, 2.75) is 32.0 Å². The Morgan fingerprint density at radius 2 is 2.06 bits per heavy atom. The highest BCUT2D eigenvalue weighted by Crippen LogP contribution is 2.33. The third kappa shape index (κ3) is 4.90. The molecule has 0 atom stereocenters. The first-order chi connectivity index (χ1) is 15.0. The van der Waals surface area contributed by atoms with Crippen molar-refractivity contribution in [1.82, 2.24) is 19.7 Å². The number of urea groups is 1. The van der Waals surface area contributed by atoms with Crippen molar-refractivity contribution in [3.8, 4) is 17.2 Å². The van der Waals surface area contributed by atoms with Gasteiger partial charge >= 0.3 is 12.6 Å². The van der Waals surface area contributed by atoms with Crippen LogP contribution in [0.3, 0.4) is 0 Å². The van der Waals surface area contributed by atoms with Crippen LogP contribution in [0.15, 0.2) is 55.1 Å². The van der Waals surface area contributed by atoms with Gasteiger partial charge in [0.25, 0.3) is 0 Å². The van der Waals surface area contributed by atoms with Crippen molar-refractivity contribution in [2.75, 3.05) is 12.4 Å². The summed E-state index contributed by atoms with van der Waals surface area (Å²) in [5.74, 6) is 0.135. The van der Waals surface area contributed by atoms with Crippen LogP contribution < -0.4 is 14.8 Å². The summed E-state index contributed by atoms with van der Waals surface area (Å²) in [6.07, 6.45) is 4.78. The fourth-order valence-electron chi connectivity index (χ4n) is 3.25. The maximum absolute atomic E-state index is 13.1. The van der Waals surface area contributed by atoms with Crippen molar-refractivity contribution in [3.05, 3.63) is 60.7 Å². The molecule has 0 aliphatic heterocycles. The van der Waals surface area contributed by atoms with E-state index in [0.717, 1.165) is 18.4 Å². The third-order valence-electron chi connectivity index (χ3n) is 4.86. The Hall–Kier alpha value is -3.69. The molecule has 2 amide bonds. The molecule has 3 aromatic rings. The predicted molar refractivity (Wildman–Crippen MR) is 109 cm³/mol. The molecule has 0 spiro atoms. The summed E-state index contributed by atoms with van der Waals surface area (Å²) in [5.41, 5.74) is 2.03. The maximum atomic E-state index is 13.1. The van der Waals surface area contributed by atoms with Crippen LogP contribution >= 0.6 is 0 Å². The van der Waals surface area contributed by atoms with Gasteiger partial charge in [0.1, 0.15) is 12.7 Å². The fraction of sp³-hybridized carbons (Fsp3) is 0.286. The molecule has 4 rings (SSSR count). The van der Waals surface area contributed by atoms with Gasteiger partial charge in [-0.05, 0) is 42.7 Å². The van der Waals surface area contributed by atoms with Crippen LogP contribution in [0.2, 0.25) is 0 Å². The molecular formula is C21H21F2N5O3. The van der Waals surface area contributed by atoms with Crippen LogP contribution in [0.5, 0.6) is 11.5 Å². The second-order valence-electron chi connectivity index (χ2n) is 7.01. The van der Waals surface area contributed by atoms with Gasteiger partial charge in [-0.2, -0.15) is 13.9 Å². The lowest BCUT2D eigenvalue weighted by atomic mass is 10.2. The SMILES string of the molecule is COc1cc(CN(C(=O)Nc2ccccc2-n2cncn2)C2CC2)ccc1OC(F)F. The standard InChI is InChI=1S/C21H21F2N5O3/c1-30-19-10-14(6-9-18(19)31-20(22)23)11-27(15-7-8-15)21(29)26-16-4-2-3-5-17(16)28-13-24-12-25-28/h2-6,9-10,12-13,15,20H,7-8,11H2,1H3,(H,26,29). The van der Waals surface area contributed by atoms with E-state index in [1.165, 1.54) is 19.5 Å². The lowest BCUT2D eigenvalue weighted by molar-refractivity contribution is -0.0512. The van der Waals surface area contributed by atoms with E-state index in [1.807, 2.05) is 18.2 Å². The molecular weight excluding hydrogens is 408 g/mol. The lowest BCUT2D eigenvalue weighted by Gasteiger charge is -2.24. The number of hydrogen-bond donors (Lipinski definition) is 1. The Labute approximate surface area is 177 Å². The number of ether oxygens (including phenoxy) is 2. The first-order valence-electron chi connectivity index (χ1n) is 9.68. The number of amides is 2. The van der Waals surface area contributed by atoms with E-state index in [4.69, 9.17) is 4.74 Å². The summed E-state index contributed by atoms with van der Waals surface area (Å²) < 4.78 is 36.3. The van der Waals surface area contributed by atoms with Crippen LogP contribution in [0, 0.1) is 0 Å². The summed E-state index contributed by atoms with van der Waals surface area (Å²) in [7, 11) is 1.38. The van der Waals surface area contributed by atoms with Crippen LogP contribution in [0.25, 0.3) is 5.69 Å². The van der Waals surface area contributed by atoms with Crippen molar-refractivity contribution >= 4 is 11.7 Å². The van der Waals surface area contributed by atoms with Gasteiger partial charge in [0.15, 0.2) is 11.5 Å². The van der Waals surface area contributed by atoms with Crippen molar-refractivity contribution in [1.29, 1.82) is 0 Å². The molecule has 0 radical (unpaired) electrons. The Bertz CT molecular complexity index is 1040. The zero-order chi connectivity index (χ0) is 21.8. The molecule has 1 aliphatic carbocycles. The first kappa shape index (κ1) is 20.6. The Morgan fingerprint density at radius 3 is 2.74 bits per heavy atom. The first-order valence-corrected chi connectivity index (χ1v) is 9.68. The molecule has 1 aliphatic rings. The normalized spacial score (nSPS) is 13.2. The minimum Gasteiger partial charge on any atom is -0.493 e. The Balaban J connectivity index is 1.52. The minimum absolute atomic E-state index is 0.0505. The minimum atomic E-state index is -2.95. The molecule has 1 saturated carbocycles. The van der Waals surface area contributed by atoms with Gasteiger partial charge in [-0.15, -0.1) is 0 Å². The zero-order valence-electron chi connectivity index (χ0n) is 16.7. The summed E-state index contributed by atoms with van der Waals surface area (Å²) in [4.78, 5) is 18.8. The van der Waals surface area contributed by atoms with Crippen LogP contribution in [-0.2, 0) is 6.54 Å². The second-order valence-corrected chi connectivity index (χ2v) is 7.01. The number of para-hydroxylation sites is 2. The summed E-state index contributed by atoms with van der Waals surface area (Å²) in [5, 5.41) is 7.07. The van der Waals surface area contributed by atoms with Crippen molar-refractivity contribution < 1.29 is 23.0 Å². The molecule has 1 aromatic heterocycles. The molecule has 10 heteroatoms. The third-order valence-corrected chi connectivity index (χ3v) is 4.86.